The van der Waals surface area contributed by atoms with Crippen molar-refractivity contribution in [2.45, 2.75) is 24.8 Å². The van der Waals surface area contributed by atoms with E-state index in [1.54, 1.807) is 12.1 Å². The van der Waals surface area contributed by atoms with Crippen molar-refractivity contribution < 1.29 is 15.2 Å². The van der Waals surface area contributed by atoms with Gasteiger partial charge in [0.25, 0.3) is 0 Å². The predicted molar refractivity (Wildman–Crippen MR) is 62.3 cm³/mol. The highest BCUT2D eigenvalue weighted by Crippen LogP contribution is 2.26. The monoisotopic (exact) mass is 221 g/mol. The Bertz CT molecular complexity index is 397. The van der Waals surface area contributed by atoms with E-state index in [1.807, 2.05) is 6.07 Å². The standard InChI is InChI=1S/C11H16BNO3/c13-11(7-14)4-3-8-5-10(12(15)16)2-1-9(8)6-11/h1-2,5,14-16H,3-4,6-7,13H2/t11-/m1/s1. The van der Waals surface area contributed by atoms with Crippen molar-refractivity contribution >= 4 is 12.6 Å². The Labute approximate surface area is 94.9 Å². The Morgan fingerprint density at radius 1 is 1.31 bits per heavy atom. The van der Waals surface area contributed by atoms with Crippen LogP contribution in [0.4, 0.5) is 0 Å². The maximum atomic E-state index is 9.21. The lowest BCUT2D eigenvalue weighted by Crippen LogP contribution is -2.48. The van der Waals surface area contributed by atoms with Gasteiger partial charge in [0.1, 0.15) is 0 Å². The summed E-state index contributed by atoms with van der Waals surface area (Å²) >= 11 is 0. The van der Waals surface area contributed by atoms with Crippen molar-refractivity contribution in [1.82, 2.24) is 0 Å². The molecule has 0 aliphatic heterocycles. The first-order valence-electron chi connectivity index (χ1n) is 5.42. The van der Waals surface area contributed by atoms with Gasteiger partial charge in [-0.1, -0.05) is 18.2 Å². The zero-order chi connectivity index (χ0) is 11.8. The van der Waals surface area contributed by atoms with E-state index in [2.05, 4.69) is 0 Å². The molecule has 2 rings (SSSR count). The van der Waals surface area contributed by atoms with E-state index in [0.29, 0.717) is 11.9 Å². The van der Waals surface area contributed by atoms with E-state index in [0.717, 1.165) is 24.0 Å². The first-order chi connectivity index (χ1) is 7.54. The lowest BCUT2D eigenvalue weighted by Gasteiger charge is -2.33. The van der Waals surface area contributed by atoms with Crippen molar-refractivity contribution in [3.8, 4) is 0 Å². The van der Waals surface area contributed by atoms with Gasteiger partial charge in [-0.05, 0) is 35.9 Å². The van der Waals surface area contributed by atoms with Gasteiger partial charge in [0.05, 0.1) is 6.61 Å². The molecule has 1 atom stereocenters. The van der Waals surface area contributed by atoms with Gasteiger partial charge >= 0.3 is 7.12 Å². The zero-order valence-corrected chi connectivity index (χ0v) is 9.06. The molecule has 1 aromatic carbocycles. The van der Waals surface area contributed by atoms with Crippen molar-refractivity contribution in [3.63, 3.8) is 0 Å². The highest BCUT2D eigenvalue weighted by atomic mass is 16.4. The molecule has 0 heterocycles. The minimum atomic E-state index is -1.42. The molecule has 0 bridgehead atoms. The summed E-state index contributed by atoms with van der Waals surface area (Å²) in [5.41, 5.74) is 8.19. The second-order valence-electron chi connectivity index (χ2n) is 4.60. The fourth-order valence-corrected chi connectivity index (χ4v) is 2.20. The largest absolute Gasteiger partial charge is 0.488 e. The van der Waals surface area contributed by atoms with E-state index in [1.165, 1.54) is 0 Å². The summed E-state index contributed by atoms with van der Waals surface area (Å²) in [5, 5.41) is 27.3. The number of fused-ring (bicyclic) bond motifs is 1. The zero-order valence-electron chi connectivity index (χ0n) is 9.06. The molecule has 0 aromatic heterocycles. The van der Waals surface area contributed by atoms with Crippen LogP contribution in [0, 0.1) is 0 Å². The van der Waals surface area contributed by atoms with Gasteiger partial charge in [-0.25, -0.2) is 0 Å². The van der Waals surface area contributed by atoms with E-state index in [9.17, 15) is 5.11 Å². The van der Waals surface area contributed by atoms with E-state index in [4.69, 9.17) is 15.8 Å². The number of benzene rings is 1. The van der Waals surface area contributed by atoms with Crippen LogP contribution in [0.1, 0.15) is 17.5 Å². The number of aliphatic hydroxyl groups excluding tert-OH is 1. The molecule has 0 fully saturated rings. The molecule has 5 heteroatoms. The highest BCUT2D eigenvalue weighted by Gasteiger charge is 2.30. The minimum Gasteiger partial charge on any atom is -0.423 e. The molecule has 0 amide bonds. The molecule has 5 N–H and O–H groups in total. The molecule has 1 aliphatic carbocycles. The van der Waals surface area contributed by atoms with Gasteiger partial charge in [0.15, 0.2) is 0 Å². The summed E-state index contributed by atoms with van der Waals surface area (Å²) in [6.45, 7) is -0.0170. The molecule has 1 aliphatic rings. The fourth-order valence-electron chi connectivity index (χ4n) is 2.20. The first-order valence-corrected chi connectivity index (χ1v) is 5.42. The molecule has 0 radical (unpaired) electrons. The molecule has 16 heavy (non-hydrogen) atoms. The molecule has 1 aromatic rings. The molecule has 0 saturated carbocycles. The highest BCUT2D eigenvalue weighted by molar-refractivity contribution is 6.58. The van der Waals surface area contributed by atoms with Gasteiger partial charge in [-0.2, -0.15) is 0 Å². The van der Waals surface area contributed by atoms with Crippen molar-refractivity contribution in [2.24, 2.45) is 5.73 Å². The van der Waals surface area contributed by atoms with E-state index < -0.39 is 12.7 Å². The van der Waals surface area contributed by atoms with Crippen LogP contribution in [-0.4, -0.2) is 34.4 Å². The molecular weight excluding hydrogens is 205 g/mol. The summed E-state index contributed by atoms with van der Waals surface area (Å²) in [7, 11) is -1.42. The number of hydrogen-bond acceptors (Lipinski definition) is 4. The fraction of sp³-hybridized carbons (Fsp3) is 0.455. The van der Waals surface area contributed by atoms with Crippen LogP contribution in [0.5, 0.6) is 0 Å². The van der Waals surface area contributed by atoms with Gasteiger partial charge in [-0.15, -0.1) is 0 Å². The molecule has 86 valence electrons. The van der Waals surface area contributed by atoms with Crippen LogP contribution < -0.4 is 11.2 Å². The van der Waals surface area contributed by atoms with Gasteiger partial charge in [-0.3, -0.25) is 0 Å². The maximum Gasteiger partial charge on any atom is 0.488 e. The Morgan fingerprint density at radius 3 is 2.69 bits per heavy atom. The summed E-state index contributed by atoms with van der Waals surface area (Å²) < 4.78 is 0. The topological polar surface area (TPSA) is 86.7 Å². The minimum absolute atomic E-state index is 0.0170. The Morgan fingerprint density at radius 2 is 2.06 bits per heavy atom. The summed E-state index contributed by atoms with van der Waals surface area (Å²) in [5.74, 6) is 0. The summed E-state index contributed by atoms with van der Waals surface area (Å²) in [6, 6.07) is 5.35. The molecule has 0 spiro atoms. The van der Waals surface area contributed by atoms with Crippen LogP contribution in [0.2, 0.25) is 0 Å². The second kappa shape index (κ2) is 4.18. The quantitative estimate of drug-likeness (QED) is 0.460. The lowest BCUT2D eigenvalue weighted by molar-refractivity contribution is 0.181. The second-order valence-corrected chi connectivity index (χ2v) is 4.60. The Balaban J connectivity index is 2.29. The van der Waals surface area contributed by atoms with Crippen LogP contribution in [0.3, 0.4) is 0 Å². The maximum absolute atomic E-state index is 9.21. The number of nitrogens with two attached hydrogens (primary N) is 1. The summed E-state index contributed by atoms with van der Waals surface area (Å²) in [4.78, 5) is 0. The molecule has 0 unspecified atom stereocenters. The third-order valence-corrected chi connectivity index (χ3v) is 3.28. The third-order valence-electron chi connectivity index (χ3n) is 3.28. The van der Waals surface area contributed by atoms with E-state index >= 15 is 0 Å². The van der Waals surface area contributed by atoms with E-state index in [-0.39, 0.29) is 6.61 Å². The van der Waals surface area contributed by atoms with Gasteiger partial charge in [0.2, 0.25) is 0 Å². The van der Waals surface area contributed by atoms with Crippen LogP contribution in [-0.2, 0) is 12.8 Å². The van der Waals surface area contributed by atoms with Crippen LogP contribution >= 0.6 is 0 Å². The van der Waals surface area contributed by atoms with Gasteiger partial charge in [0, 0.05) is 5.54 Å². The number of aryl methyl sites for hydroxylation is 1. The number of rotatable bonds is 2. The Kier molecular flexibility index (Phi) is 3.03. The number of aliphatic hydroxyl groups is 1. The predicted octanol–water partition coefficient (Wildman–Crippen LogP) is -1.46. The van der Waals surface area contributed by atoms with Crippen LogP contribution in [0.15, 0.2) is 18.2 Å². The smallest absolute Gasteiger partial charge is 0.423 e. The average molecular weight is 221 g/mol. The SMILES string of the molecule is N[C@]1(CO)CCc2cc(B(O)O)ccc2C1. The molecular formula is C11H16BNO3. The Hall–Kier alpha value is -0.875. The summed E-state index contributed by atoms with van der Waals surface area (Å²) in [6.07, 6.45) is 2.13. The number of hydrogen-bond donors (Lipinski definition) is 4. The molecule has 0 saturated heterocycles. The van der Waals surface area contributed by atoms with Crippen LogP contribution in [0.25, 0.3) is 0 Å². The third kappa shape index (κ3) is 2.13. The van der Waals surface area contributed by atoms with Crippen molar-refractivity contribution in [2.75, 3.05) is 6.61 Å². The van der Waals surface area contributed by atoms with Crippen molar-refractivity contribution in [3.05, 3.63) is 29.3 Å². The average Bonchev–Trinajstić information content (AvgIpc) is 2.28. The normalized spacial score (nSPS) is 24.0. The lowest BCUT2D eigenvalue weighted by atomic mass is 9.74. The van der Waals surface area contributed by atoms with Gasteiger partial charge < -0.3 is 20.9 Å². The molecule has 4 nitrogen and oxygen atoms in total. The first kappa shape index (κ1) is 11.6. The van der Waals surface area contributed by atoms with Crippen molar-refractivity contribution in [1.29, 1.82) is 0 Å².